The summed E-state index contributed by atoms with van der Waals surface area (Å²) < 4.78 is 25.9. The Bertz CT molecular complexity index is 951. The fourth-order valence-electron chi connectivity index (χ4n) is 4.82. The maximum absolute atomic E-state index is 13.0. The highest BCUT2D eigenvalue weighted by atomic mass is 32.2. The van der Waals surface area contributed by atoms with Gasteiger partial charge in [-0.3, -0.25) is 28.8 Å². The Kier molecular flexibility index (Phi) is 32.3. The van der Waals surface area contributed by atoms with E-state index in [2.05, 4.69) is 13.8 Å². The fraction of sp³-hybridized carbons (Fsp3) is 0.838. The average Bonchev–Trinajstić information content (AvgIpc) is 3.10. The van der Waals surface area contributed by atoms with Crippen LogP contribution in [-0.2, 0) is 47.7 Å². The van der Waals surface area contributed by atoms with Gasteiger partial charge in [0.25, 0.3) is 11.7 Å². The zero-order valence-corrected chi connectivity index (χ0v) is 32.6. The summed E-state index contributed by atoms with van der Waals surface area (Å²) in [5.41, 5.74) is 0. The number of carbonyl (C=O) groups is 6. The summed E-state index contributed by atoms with van der Waals surface area (Å²) in [5, 5.41) is -0.271. The Morgan fingerprint density at radius 2 is 1.10 bits per heavy atom. The molecule has 51 heavy (non-hydrogen) atoms. The van der Waals surface area contributed by atoms with Gasteiger partial charge < -0.3 is 33.5 Å². The van der Waals surface area contributed by atoms with Crippen molar-refractivity contribution in [1.29, 1.82) is 0 Å². The summed E-state index contributed by atoms with van der Waals surface area (Å²) in [4.78, 5) is 76.4. The van der Waals surface area contributed by atoms with Gasteiger partial charge >= 0.3 is 23.9 Å². The molecule has 0 saturated heterocycles. The molecule has 0 bridgehead atoms. The predicted octanol–water partition coefficient (Wildman–Crippen LogP) is 6.48. The highest BCUT2D eigenvalue weighted by molar-refractivity contribution is 8.13. The SMILES string of the molecule is CCCCCCCCC(=O)OCCCOC(=O)CCN(CCC(=O)OCC(COC=O)OC(=O)CCCCCCCC)C(=O)SCCCN(C)C. The Morgan fingerprint density at radius 1 is 0.588 bits per heavy atom. The lowest BCUT2D eigenvalue weighted by Gasteiger charge is -2.22. The first-order chi connectivity index (χ1) is 24.6. The summed E-state index contributed by atoms with van der Waals surface area (Å²) >= 11 is 1.11. The van der Waals surface area contributed by atoms with Crippen LogP contribution < -0.4 is 0 Å². The van der Waals surface area contributed by atoms with E-state index in [1.165, 1.54) is 24.2 Å². The second kappa shape index (κ2) is 34.2. The van der Waals surface area contributed by atoms with E-state index in [9.17, 15) is 28.8 Å². The third-order valence-corrected chi connectivity index (χ3v) is 8.77. The van der Waals surface area contributed by atoms with Gasteiger partial charge in [-0.15, -0.1) is 0 Å². The molecule has 13 nitrogen and oxygen atoms in total. The monoisotopic (exact) mass is 746 g/mol. The number of nitrogens with zero attached hydrogens (tertiary/aromatic N) is 2. The Morgan fingerprint density at radius 3 is 1.65 bits per heavy atom. The molecule has 0 radical (unpaired) electrons. The number of esters is 4. The smallest absolute Gasteiger partial charge is 0.307 e. The first-order valence-electron chi connectivity index (χ1n) is 18.9. The molecule has 0 aromatic rings. The summed E-state index contributed by atoms with van der Waals surface area (Å²) in [6.45, 7) is 5.09. The topological polar surface area (TPSA) is 155 Å². The number of thioether (sulfide) groups is 1. The van der Waals surface area contributed by atoms with Crippen molar-refractivity contribution < 1.29 is 52.5 Å². The van der Waals surface area contributed by atoms with Gasteiger partial charge in [-0.2, -0.15) is 0 Å². The lowest BCUT2D eigenvalue weighted by molar-refractivity contribution is -0.164. The van der Waals surface area contributed by atoms with Crippen LogP contribution in [0.4, 0.5) is 4.79 Å². The zero-order valence-electron chi connectivity index (χ0n) is 31.8. The molecular formula is C37H66N2O11S. The normalized spacial score (nSPS) is 11.5. The molecule has 0 rings (SSSR count). The molecular weight excluding hydrogens is 680 g/mol. The van der Waals surface area contributed by atoms with Crippen molar-refractivity contribution in [2.75, 3.05) is 65.9 Å². The van der Waals surface area contributed by atoms with Crippen LogP contribution in [0.25, 0.3) is 0 Å². The third-order valence-electron chi connectivity index (χ3n) is 7.77. The van der Waals surface area contributed by atoms with Crippen LogP contribution in [0.1, 0.15) is 129 Å². The summed E-state index contributed by atoms with van der Waals surface area (Å²) in [6.07, 6.45) is 13.2. The molecule has 14 heteroatoms. The molecule has 0 N–H and O–H groups in total. The number of amides is 1. The van der Waals surface area contributed by atoms with Gasteiger partial charge in [0.1, 0.15) is 13.2 Å². The second-order valence-corrected chi connectivity index (χ2v) is 13.9. The van der Waals surface area contributed by atoms with Crippen molar-refractivity contribution in [3.05, 3.63) is 0 Å². The number of ether oxygens (including phenoxy) is 5. The highest BCUT2D eigenvalue weighted by Crippen LogP contribution is 2.14. The quantitative estimate of drug-likeness (QED) is 0.0306. The molecule has 0 aromatic heterocycles. The number of carbonyl (C=O) groups excluding carboxylic acids is 6. The van der Waals surface area contributed by atoms with Crippen molar-refractivity contribution in [2.45, 2.75) is 136 Å². The zero-order chi connectivity index (χ0) is 38.0. The number of hydrogen-bond donors (Lipinski definition) is 0. The molecule has 1 amide bonds. The molecule has 0 aliphatic heterocycles. The average molecular weight is 747 g/mol. The molecule has 0 aliphatic rings. The van der Waals surface area contributed by atoms with Crippen LogP contribution in [0.5, 0.6) is 0 Å². The van der Waals surface area contributed by atoms with Gasteiger partial charge in [-0.1, -0.05) is 89.8 Å². The fourth-order valence-corrected chi connectivity index (χ4v) is 5.63. The van der Waals surface area contributed by atoms with E-state index in [-0.39, 0.29) is 76.5 Å². The van der Waals surface area contributed by atoms with Gasteiger partial charge in [0, 0.05) is 38.1 Å². The molecule has 0 spiro atoms. The van der Waals surface area contributed by atoms with Crippen molar-refractivity contribution >= 4 is 47.4 Å². The summed E-state index contributed by atoms with van der Waals surface area (Å²) in [5.74, 6) is -1.28. The third kappa shape index (κ3) is 31.6. The second-order valence-electron chi connectivity index (χ2n) is 12.8. The first-order valence-corrected chi connectivity index (χ1v) is 19.9. The molecule has 0 saturated carbocycles. The van der Waals surface area contributed by atoms with Gasteiger partial charge in [-0.05, 0) is 39.9 Å². The van der Waals surface area contributed by atoms with Gasteiger partial charge in [0.2, 0.25) is 0 Å². The van der Waals surface area contributed by atoms with Crippen LogP contribution in [0.15, 0.2) is 0 Å². The number of unbranched alkanes of at least 4 members (excludes halogenated alkanes) is 10. The molecule has 0 aromatic carbocycles. The van der Waals surface area contributed by atoms with E-state index in [1.54, 1.807) is 0 Å². The van der Waals surface area contributed by atoms with Crippen LogP contribution in [0, 0.1) is 0 Å². The van der Waals surface area contributed by atoms with Crippen molar-refractivity contribution in [1.82, 2.24) is 9.80 Å². The van der Waals surface area contributed by atoms with Crippen molar-refractivity contribution in [3.8, 4) is 0 Å². The molecule has 296 valence electrons. The number of hydrogen-bond acceptors (Lipinski definition) is 13. The van der Waals surface area contributed by atoms with E-state index in [0.29, 0.717) is 25.0 Å². The predicted molar refractivity (Wildman–Crippen MR) is 197 cm³/mol. The maximum atomic E-state index is 13.0. The molecule has 0 fully saturated rings. The Labute approximate surface area is 310 Å². The molecule has 0 aliphatic carbocycles. The Hall–Kier alpha value is -2.87. The lowest BCUT2D eigenvalue weighted by atomic mass is 10.1. The van der Waals surface area contributed by atoms with E-state index >= 15 is 0 Å². The Balaban J connectivity index is 4.72. The van der Waals surface area contributed by atoms with Crippen LogP contribution in [-0.4, -0.2) is 117 Å². The van der Waals surface area contributed by atoms with Gasteiger partial charge in [0.05, 0.1) is 26.1 Å². The van der Waals surface area contributed by atoms with Crippen LogP contribution in [0.3, 0.4) is 0 Å². The summed E-state index contributed by atoms with van der Waals surface area (Å²) in [6, 6.07) is 0. The van der Waals surface area contributed by atoms with Crippen molar-refractivity contribution in [2.24, 2.45) is 0 Å². The molecule has 1 atom stereocenters. The van der Waals surface area contributed by atoms with Crippen LogP contribution >= 0.6 is 11.8 Å². The first kappa shape index (κ1) is 48.1. The maximum Gasteiger partial charge on any atom is 0.307 e. The van der Waals surface area contributed by atoms with E-state index in [0.717, 1.165) is 76.1 Å². The minimum absolute atomic E-state index is 0.00745. The highest BCUT2D eigenvalue weighted by Gasteiger charge is 2.21. The van der Waals surface area contributed by atoms with Crippen molar-refractivity contribution in [3.63, 3.8) is 0 Å². The minimum atomic E-state index is -0.949. The molecule has 0 heterocycles. The number of rotatable bonds is 34. The standard InChI is InChI=1S/C37H66N2O11S/c1-5-7-9-11-13-15-19-33(41)47-26-18-27-48-34(42)21-24-39(37(45)51-28-17-23-38(3)4)25-22-35(43)49-30-32(29-46-31-40)50-36(44)20-16-14-12-10-8-6-2/h31-32H,5-30H2,1-4H3. The largest absolute Gasteiger partial charge is 0.466 e. The van der Waals surface area contributed by atoms with Crippen LogP contribution in [0.2, 0.25) is 0 Å². The van der Waals surface area contributed by atoms with E-state index < -0.39 is 24.0 Å². The van der Waals surface area contributed by atoms with Gasteiger partial charge in [-0.25, -0.2) is 0 Å². The molecule has 1 unspecified atom stereocenters. The van der Waals surface area contributed by atoms with Gasteiger partial charge in [0.15, 0.2) is 6.10 Å². The minimum Gasteiger partial charge on any atom is -0.466 e. The van der Waals surface area contributed by atoms with E-state index in [1.807, 2.05) is 19.0 Å². The van der Waals surface area contributed by atoms with E-state index in [4.69, 9.17) is 23.7 Å². The lowest BCUT2D eigenvalue weighted by Crippen LogP contribution is -2.34. The summed E-state index contributed by atoms with van der Waals surface area (Å²) in [7, 11) is 3.89.